The monoisotopic (exact) mass is 503 g/mol. The predicted octanol–water partition coefficient (Wildman–Crippen LogP) is 4.69. The Morgan fingerprint density at radius 1 is 0.886 bits per heavy atom. The Morgan fingerprint density at radius 2 is 1.57 bits per heavy atom. The summed E-state index contributed by atoms with van der Waals surface area (Å²) in [6, 6.07) is 8.32. The van der Waals surface area contributed by atoms with E-state index in [0.29, 0.717) is 11.6 Å². The number of carbonyl (C=O) groups is 3. The molecule has 0 saturated carbocycles. The van der Waals surface area contributed by atoms with Crippen LogP contribution in [0, 0.1) is 0 Å². The van der Waals surface area contributed by atoms with Gasteiger partial charge >= 0.3 is 6.18 Å². The quantitative estimate of drug-likeness (QED) is 0.526. The Labute approximate surface area is 202 Å². The number of anilines is 2. The zero-order valence-electron chi connectivity index (χ0n) is 18.3. The van der Waals surface area contributed by atoms with Crippen LogP contribution in [0.3, 0.4) is 0 Å². The van der Waals surface area contributed by atoms with E-state index < -0.39 is 29.6 Å². The summed E-state index contributed by atoms with van der Waals surface area (Å²) in [6.45, 7) is 1.44. The average molecular weight is 504 g/mol. The zero-order valence-corrected chi connectivity index (χ0v) is 19.1. The second-order valence-electron chi connectivity index (χ2n) is 7.77. The molecular formula is C23H20F3N5O3S. The standard InChI is InChI=1S/C23H20F3N5O3S/c24-23(25,26)17-8-10-27-22(28-17)30-19(33)16-9-13-35-20(16)29-18(32)14-4-6-15(7-5-14)21(34)31-11-2-1-3-12-31/h4-10,13H,1-3,11-12H2,(H,29,32)(H,27,28,30,33). The van der Waals surface area contributed by atoms with Crippen molar-refractivity contribution < 1.29 is 27.6 Å². The first-order valence-corrected chi connectivity index (χ1v) is 11.6. The summed E-state index contributed by atoms with van der Waals surface area (Å²) in [4.78, 5) is 46.6. The minimum Gasteiger partial charge on any atom is -0.339 e. The van der Waals surface area contributed by atoms with Gasteiger partial charge in [0.05, 0.1) is 5.56 Å². The van der Waals surface area contributed by atoms with Gasteiger partial charge in [0, 0.05) is 30.4 Å². The molecule has 2 N–H and O–H groups in total. The summed E-state index contributed by atoms with van der Waals surface area (Å²) in [7, 11) is 0. The lowest BCUT2D eigenvalue weighted by molar-refractivity contribution is -0.141. The first-order chi connectivity index (χ1) is 16.7. The fraction of sp³-hybridized carbons (Fsp3) is 0.261. The number of hydrogen-bond acceptors (Lipinski definition) is 6. The molecule has 1 fully saturated rings. The molecule has 0 unspecified atom stereocenters. The van der Waals surface area contributed by atoms with Gasteiger partial charge < -0.3 is 10.2 Å². The number of carbonyl (C=O) groups excluding carboxylic acids is 3. The summed E-state index contributed by atoms with van der Waals surface area (Å²) < 4.78 is 38.5. The van der Waals surface area contributed by atoms with Gasteiger partial charge in [-0.25, -0.2) is 9.97 Å². The Bertz CT molecular complexity index is 1240. The molecule has 12 heteroatoms. The Morgan fingerprint density at radius 3 is 2.26 bits per heavy atom. The molecule has 0 aliphatic carbocycles. The molecule has 3 amide bonds. The summed E-state index contributed by atoms with van der Waals surface area (Å²) in [5, 5.41) is 6.59. The number of nitrogens with zero attached hydrogens (tertiary/aromatic N) is 3. The fourth-order valence-electron chi connectivity index (χ4n) is 3.55. The first-order valence-electron chi connectivity index (χ1n) is 10.7. The number of benzene rings is 1. The van der Waals surface area contributed by atoms with Crippen LogP contribution in [-0.2, 0) is 6.18 Å². The third-order valence-electron chi connectivity index (χ3n) is 5.35. The molecule has 0 atom stereocenters. The number of hydrogen-bond donors (Lipinski definition) is 2. The molecule has 0 radical (unpaired) electrons. The summed E-state index contributed by atoms with van der Waals surface area (Å²) in [5.41, 5.74) is -0.382. The van der Waals surface area contributed by atoms with E-state index in [9.17, 15) is 27.6 Å². The van der Waals surface area contributed by atoms with Crippen LogP contribution in [0.25, 0.3) is 0 Å². The molecule has 0 bridgehead atoms. The maximum absolute atomic E-state index is 12.8. The van der Waals surface area contributed by atoms with Crippen LogP contribution in [-0.4, -0.2) is 45.7 Å². The van der Waals surface area contributed by atoms with E-state index in [1.165, 1.54) is 18.2 Å². The van der Waals surface area contributed by atoms with E-state index in [0.717, 1.165) is 49.9 Å². The molecule has 1 aliphatic heterocycles. The van der Waals surface area contributed by atoms with Crippen molar-refractivity contribution >= 4 is 40.0 Å². The lowest BCUT2D eigenvalue weighted by Crippen LogP contribution is -2.35. The zero-order chi connectivity index (χ0) is 25.0. The Kier molecular flexibility index (Phi) is 7.10. The second-order valence-corrected chi connectivity index (χ2v) is 8.68. The molecule has 1 saturated heterocycles. The molecule has 4 rings (SSSR count). The minimum atomic E-state index is -4.68. The van der Waals surface area contributed by atoms with Crippen molar-refractivity contribution in [3.05, 3.63) is 70.4 Å². The van der Waals surface area contributed by atoms with Gasteiger partial charge in [-0.15, -0.1) is 11.3 Å². The van der Waals surface area contributed by atoms with Crippen molar-refractivity contribution in [1.29, 1.82) is 0 Å². The molecular weight excluding hydrogens is 483 g/mol. The van der Waals surface area contributed by atoms with Crippen molar-refractivity contribution in [3.8, 4) is 0 Å². The fourth-order valence-corrected chi connectivity index (χ4v) is 4.33. The third kappa shape index (κ3) is 5.83. The van der Waals surface area contributed by atoms with Crippen molar-refractivity contribution in [2.45, 2.75) is 25.4 Å². The van der Waals surface area contributed by atoms with Crippen LogP contribution in [0.15, 0.2) is 48.0 Å². The Balaban J connectivity index is 1.42. The highest BCUT2D eigenvalue weighted by Crippen LogP contribution is 2.28. The number of likely N-dealkylation sites (tertiary alicyclic amines) is 1. The number of thiophene rings is 1. The maximum Gasteiger partial charge on any atom is 0.433 e. The molecule has 182 valence electrons. The van der Waals surface area contributed by atoms with Gasteiger partial charge in [-0.2, -0.15) is 13.2 Å². The number of halogens is 3. The van der Waals surface area contributed by atoms with Gasteiger partial charge in [-0.1, -0.05) is 0 Å². The van der Waals surface area contributed by atoms with Gasteiger partial charge in [0.25, 0.3) is 17.7 Å². The SMILES string of the molecule is O=C(Nc1sccc1C(=O)Nc1nccc(C(F)(F)F)n1)c1ccc(C(=O)N2CCCCC2)cc1. The molecule has 0 spiro atoms. The smallest absolute Gasteiger partial charge is 0.339 e. The van der Waals surface area contributed by atoms with Crippen molar-refractivity contribution in [1.82, 2.24) is 14.9 Å². The van der Waals surface area contributed by atoms with E-state index in [-0.39, 0.29) is 22.0 Å². The van der Waals surface area contributed by atoms with Crippen molar-refractivity contribution in [2.75, 3.05) is 23.7 Å². The van der Waals surface area contributed by atoms with Gasteiger partial charge in [0.1, 0.15) is 10.7 Å². The number of amides is 3. The van der Waals surface area contributed by atoms with Crippen LogP contribution in [0.1, 0.15) is 56.0 Å². The van der Waals surface area contributed by atoms with Gasteiger partial charge in [-0.05, 0) is 61.0 Å². The number of nitrogens with one attached hydrogen (secondary N) is 2. The van der Waals surface area contributed by atoms with Gasteiger partial charge in [0.15, 0.2) is 0 Å². The number of alkyl halides is 3. The predicted molar refractivity (Wildman–Crippen MR) is 123 cm³/mol. The third-order valence-corrected chi connectivity index (χ3v) is 6.18. The average Bonchev–Trinajstić information content (AvgIpc) is 3.32. The van der Waals surface area contributed by atoms with Crippen LogP contribution >= 0.6 is 11.3 Å². The lowest BCUT2D eigenvalue weighted by atomic mass is 10.1. The van der Waals surface area contributed by atoms with Gasteiger partial charge in [0.2, 0.25) is 5.95 Å². The normalized spacial score (nSPS) is 13.9. The highest BCUT2D eigenvalue weighted by atomic mass is 32.1. The van der Waals surface area contributed by atoms with E-state index in [4.69, 9.17) is 0 Å². The van der Waals surface area contributed by atoms with E-state index in [2.05, 4.69) is 20.6 Å². The van der Waals surface area contributed by atoms with E-state index in [1.54, 1.807) is 22.4 Å². The number of aromatic nitrogens is 2. The summed E-state index contributed by atoms with van der Waals surface area (Å²) in [5.74, 6) is -1.87. The molecule has 35 heavy (non-hydrogen) atoms. The maximum atomic E-state index is 12.8. The molecule has 3 aromatic rings. The highest BCUT2D eigenvalue weighted by molar-refractivity contribution is 7.14. The number of piperidine rings is 1. The molecule has 1 aliphatic rings. The van der Waals surface area contributed by atoms with Crippen LogP contribution in [0.2, 0.25) is 0 Å². The van der Waals surface area contributed by atoms with E-state index in [1.807, 2.05) is 0 Å². The van der Waals surface area contributed by atoms with Gasteiger partial charge in [-0.3, -0.25) is 19.7 Å². The molecule has 3 heterocycles. The molecule has 8 nitrogen and oxygen atoms in total. The molecule has 1 aromatic carbocycles. The second kappa shape index (κ2) is 10.2. The van der Waals surface area contributed by atoms with Crippen molar-refractivity contribution in [2.24, 2.45) is 0 Å². The number of rotatable bonds is 5. The topological polar surface area (TPSA) is 104 Å². The molecule has 2 aromatic heterocycles. The summed E-state index contributed by atoms with van der Waals surface area (Å²) in [6.07, 6.45) is -0.733. The van der Waals surface area contributed by atoms with Crippen LogP contribution in [0.5, 0.6) is 0 Å². The lowest BCUT2D eigenvalue weighted by Gasteiger charge is -2.26. The van der Waals surface area contributed by atoms with Crippen LogP contribution < -0.4 is 10.6 Å². The minimum absolute atomic E-state index is 0.0428. The Hall–Kier alpha value is -3.80. The largest absolute Gasteiger partial charge is 0.433 e. The van der Waals surface area contributed by atoms with Crippen LogP contribution in [0.4, 0.5) is 24.1 Å². The first kappa shape index (κ1) is 24.3. The highest BCUT2D eigenvalue weighted by Gasteiger charge is 2.33. The van der Waals surface area contributed by atoms with Crippen molar-refractivity contribution in [3.63, 3.8) is 0 Å². The van der Waals surface area contributed by atoms with E-state index >= 15 is 0 Å². The summed E-state index contributed by atoms with van der Waals surface area (Å²) >= 11 is 1.07.